The smallest absolute Gasteiger partial charge is 0.136 e. The van der Waals surface area contributed by atoms with Crippen LogP contribution in [0.25, 0.3) is 93.2 Å². The van der Waals surface area contributed by atoms with Gasteiger partial charge in [-0.1, -0.05) is 146 Å². The summed E-state index contributed by atoms with van der Waals surface area (Å²) in [6.45, 7) is 0. The summed E-state index contributed by atoms with van der Waals surface area (Å²) in [7, 11) is 0. The molecule has 10 aromatic carbocycles. The lowest BCUT2D eigenvalue weighted by atomic mass is 9.95. The van der Waals surface area contributed by atoms with Gasteiger partial charge in [0.1, 0.15) is 11.2 Å². The number of furan rings is 1. The van der Waals surface area contributed by atoms with Crippen LogP contribution in [0.1, 0.15) is 0 Å². The zero-order valence-corrected chi connectivity index (χ0v) is 32.1. The van der Waals surface area contributed by atoms with E-state index in [9.17, 15) is 0 Å². The molecule has 3 heteroatoms. The van der Waals surface area contributed by atoms with Crippen molar-refractivity contribution in [3.05, 3.63) is 218 Å². The lowest BCUT2D eigenvalue weighted by Gasteiger charge is -2.28. The van der Waals surface area contributed by atoms with Crippen LogP contribution in [0.3, 0.4) is 0 Å². The van der Waals surface area contributed by atoms with Crippen molar-refractivity contribution < 1.29 is 4.42 Å². The number of hydrogen-bond acceptors (Lipinski definition) is 2. The molecule has 0 bridgehead atoms. The van der Waals surface area contributed by atoms with E-state index >= 15 is 0 Å². The molecule has 3 nitrogen and oxygen atoms in total. The minimum atomic E-state index is 0.879. The van der Waals surface area contributed by atoms with Gasteiger partial charge >= 0.3 is 0 Å². The summed E-state index contributed by atoms with van der Waals surface area (Å²) >= 11 is 0. The van der Waals surface area contributed by atoms with Gasteiger partial charge in [0.25, 0.3) is 0 Å². The van der Waals surface area contributed by atoms with Gasteiger partial charge < -0.3 is 13.9 Å². The van der Waals surface area contributed by atoms with Gasteiger partial charge in [0.15, 0.2) is 0 Å². The minimum absolute atomic E-state index is 0.879. The topological polar surface area (TPSA) is 21.3 Å². The summed E-state index contributed by atoms with van der Waals surface area (Å²) < 4.78 is 8.95. The normalized spacial score (nSPS) is 11.7. The highest BCUT2D eigenvalue weighted by Gasteiger charge is 2.21. The third kappa shape index (κ3) is 5.36. The lowest BCUT2D eigenvalue weighted by molar-refractivity contribution is 0.669. The molecule has 2 aromatic heterocycles. The second-order valence-electron chi connectivity index (χ2n) is 15.3. The predicted molar refractivity (Wildman–Crippen MR) is 249 cm³/mol. The standard InChI is InChI=1S/C56H36N2O/c1-2-15-40-36-55-50(35-39(40)14-1)56-49(22-12-26-54(56)59-55)48-20-7-8-23-51(48)57(41-29-27-38(28-30-41)45-21-11-16-37-13-3-4-17-44(37)45)42-31-33-43(34-32-42)58-52-24-9-5-18-46(52)47-19-6-10-25-53(47)58/h1-36H. The van der Waals surface area contributed by atoms with Crippen LogP contribution < -0.4 is 4.90 Å². The highest BCUT2D eigenvalue weighted by molar-refractivity contribution is 6.17. The molecule has 0 saturated carbocycles. The van der Waals surface area contributed by atoms with E-state index in [0.29, 0.717) is 0 Å². The highest BCUT2D eigenvalue weighted by atomic mass is 16.3. The van der Waals surface area contributed by atoms with Crippen molar-refractivity contribution in [2.24, 2.45) is 0 Å². The van der Waals surface area contributed by atoms with E-state index in [4.69, 9.17) is 4.42 Å². The monoisotopic (exact) mass is 752 g/mol. The summed E-state index contributed by atoms with van der Waals surface area (Å²) in [4.78, 5) is 2.40. The van der Waals surface area contributed by atoms with E-state index in [0.717, 1.165) is 55.8 Å². The van der Waals surface area contributed by atoms with Crippen LogP contribution in [-0.2, 0) is 0 Å². The van der Waals surface area contributed by atoms with E-state index in [2.05, 4.69) is 228 Å². The SMILES string of the molecule is c1ccc(N(c2ccc(-c3cccc4ccccc34)cc2)c2ccc(-n3c4ccccc4c4ccccc43)cc2)c(-c2cccc3oc4cc5ccccc5cc4c23)c1. The number of hydrogen-bond donors (Lipinski definition) is 0. The molecule has 0 spiro atoms. The minimum Gasteiger partial charge on any atom is -0.456 e. The second kappa shape index (κ2) is 13.4. The Morgan fingerprint density at radius 2 is 0.898 bits per heavy atom. The van der Waals surface area contributed by atoms with Gasteiger partial charge in [0.05, 0.1) is 16.7 Å². The van der Waals surface area contributed by atoms with E-state index in [1.54, 1.807) is 0 Å². The average Bonchev–Trinajstić information content (AvgIpc) is 3.84. The van der Waals surface area contributed by atoms with Gasteiger partial charge in [-0.3, -0.25) is 0 Å². The van der Waals surface area contributed by atoms with Crippen molar-refractivity contribution in [2.45, 2.75) is 0 Å². The maximum atomic E-state index is 6.57. The first kappa shape index (κ1) is 33.3. The van der Waals surface area contributed by atoms with E-state index in [-0.39, 0.29) is 0 Å². The number of para-hydroxylation sites is 3. The molecule has 59 heavy (non-hydrogen) atoms. The summed E-state index contributed by atoms with van der Waals surface area (Å²) in [5.74, 6) is 0. The predicted octanol–water partition coefficient (Wildman–Crippen LogP) is 15.8. The third-order valence-electron chi connectivity index (χ3n) is 12.0. The first-order chi connectivity index (χ1) is 29.3. The van der Waals surface area contributed by atoms with Crippen LogP contribution in [0.4, 0.5) is 17.1 Å². The van der Waals surface area contributed by atoms with Gasteiger partial charge in [-0.15, -0.1) is 0 Å². The number of aromatic nitrogens is 1. The van der Waals surface area contributed by atoms with Crippen LogP contribution >= 0.6 is 0 Å². The molecule has 0 aliphatic rings. The Hall–Kier alpha value is -7.88. The van der Waals surface area contributed by atoms with E-state index in [1.807, 2.05) is 0 Å². The van der Waals surface area contributed by atoms with Gasteiger partial charge in [0.2, 0.25) is 0 Å². The lowest BCUT2D eigenvalue weighted by Crippen LogP contribution is -2.11. The van der Waals surface area contributed by atoms with Gasteiger partial charge in [0, 0.05) is 44.2 Å². The van der Waals surface area contributed by atoms with Crippen LogP contribution in [0.15, 0.2) is 223 Å². The van der Waals surface area contributed by atoms with Crippen LogP contribution in [0, 0.1) is 0 Å². The second-order valence-corrected chi connectivity index (χ2v) is 15.3. The van der Waals surface area contributed by atoms with Crippen molar-refractivity contribution in [2.75, 3.05) is 4.90 Å². The molecule has 0 amide bonds. The molecule has 0 fully saturated rings. The van der Waals surface area contributed by atoms with E-state index < -0.39 is 0 Å². The van der Waals surface area contributed by atoms with E-state index in [1.165, 1.54) is 54.5 Å². The third-order valence-corrected chi connectivity index (χ3v) is 12.0. The quantitative estimate of drug-likeness (QED) is 0.169. The molecule has 0 aliphatic heterocycles. The average molecular weight is 753 g/mol. The number of benzene rings is 10. The molecular weight excluding hydrogens is 717 g/mol. The maximum absolute atomic E-state index is 6.57. The molecule has 0 saturated heterocycles. The summed E-state index contributed by atoms with van der Waals surface area (Å²) in [6.07, 6.45) is 0. The number of anilines is 3. The van der Waals surface area contributed by atoms with Crippen molar-refractivity contribution in [1.29, 1.82) is 0 Å². The van der Waals surface area contributed by atoms with Crippen molar-refractivity contribution in [3.63, 3.8) is 0 Å². The van der Waals surface area contributed by atoms with Crippen molar-refractivity contribution >= 4 is 82.4 Å². The van der Waals surface area contributed by atoms with Crippen LogP contribution in [0.5, 0.6) is 0 Å². The molecule has 0 unspecified atom stereocenters. The molecule has 0 radical (unpaired) electrons. The Labute approximate surface area is 341 Å². The van der Waals surface area contributed by atoms with Crippen LogP contribution in [-0.4, -0.2) is 4.57 Å². The van der Waals surface area contributed by atoms with Crippen LogP contribution in [0.2, 0.25) is 0 Å². The first-order valence-corrected chi connectivity index (χ1v) is 20.2. The van der Waals surface area contributed by atoms with Gasteiger partial charge in [-0.25, -0.2) is 0 Å². The Morgan fingerprint density at radius 1 is 0.356 bits per heavy atom. The number of nitrogens with zero attached hydrogens (tertiary/aromatic N) is 2. The molecule has 0 atom stereocenters. The fourth-order valence-corrected chi connectivity index (χ4v) is 9.28. The summed E-state index contributed by atoms with van der Waals surface area (Å²) in [5.41, 5.74) is 13.2. The molecule has 0 N–H and O–H groups in total. The molecule has 276 valence electrons. The Bertz CT molecular complexity index is 3500. The van der Waals surface area contributed by atoms with Crippen molar-refractivity contribution in [1.82, 2.24) is 4.57 Å². The first-order valence-electron chi connectivity index (χ1n) is 20.2. The summed E-state index contributed by atoms with van der Waals surface area (Å²) in [6, 6.07) is 78.7. The maximum Gasteiger partial charge on any atom is 0.136 e. The fraction of sp³-hybridized carbons (Fsp3) is 0. The number of fused-ring (bicyclic) bond motifs is 8. The van der Waals surface area contributed by atoms with Gasteiger partial charge in [-0.2, -0.15) is 0 Å². The largest absolute Gasteiger partial charge is 0.456 e. The molecule has 2 heterocycles. The summed E-state index contributed by atoms with van der Waals surface area (Å²) in [5, 5.41) is 9.59. The van der Waals surface area contributed by atoms with Gasteiger partial charge in [-0.05, 0) is 111 Å². The fourth-order valence-electron chi connectivity index (χ4n) is 9.28. The highest BCUT2D eigenvalue weighted by Crippen LogP contribution is 2.46. The zero-order valence-electron chi connectivity index (χ0n) is 32.1. The number of rotatable bonds is 6. The zero-order chi connectivity index (χ0) is 38.9. The molecule has 0 aliphatic carbocycles. The Morgan fingerprint density at radius 3 is 1.64 bits per heavy atom. The Balaban J connectivity index is 1.05. The molecule has 12 aromatic rings. The van der Waals surface area contributed by atoms with Crippen molar-refractivity contribution in [3.8, 4) is 27.9 Å². The molecular formula is C56H36N2O. The molecule has 12 rings (SSSR count). The Kier molecular flexibility index (Phi) is 7.54.